The van der Waals surface area contributed by atoms with Gasteiger partial charge in [-0.05, 0) is 18.4 Å². The summed E-state index contributed by atoms with van der Waals surface area (Å²) in [6, 6.07) is 8.56. The van der Waals surface area contributed by atoms with Crippen LogP contribution in [0.25, 0.3) is 0 Å². The van der Waals surface area contributed by atoms with Crippen molar-refractivity contribution in [1.82, 2.24) is 0 Å². The van der Waals surface area contributed by atoms with Crippen LogP contribution in [0.1, 0.15) is 31.2 Å². The van der Waals surface area contributed by atoms with Gasteiger partial charge >= 0.3 is 5.97 Å². The molecule has 0 saturated heterocycles. The quantitative estimate of drug-likeness (QED) is 0.845. The van der Waals surface area contributed by atoms with E-state index in [1.54, 1.807) is 30.3 Å². The summed E-state index contributed by atoms with van der Waals surface area (Å²) in [6.45, 7) is 0. The fourth-order valence-electron chi connectivity index (χ4n) is 2.56. The lowest BCUT2D eigenvalue weighted by Gasteiger charge is -2.29. The van der Waals surface area contributed by atoms with E-state index in [1.165, 1.54) is 0 Å². The maximum atomic E-state index is 11.2. The van der Waals surface area contributed by atoms with Crippen molar-refractivity contribution in [2.75, 3.05) is 0 Å². The number of aliphatic hydroxyl groups is 1. The lowest BCUT2D eigenvalue weighted by molar-refractivity contribution is -0.173. The van der Waals surface area contributed by atoms with Gasteiger partial charge in [-0.15, -0.1) is 0 Å². The Bertz CT molecular complexity index is 368. The summed E-state index contributed by atoms with van der Waals surface area (Å²) in [6.07, 6.45) is 3.46. The average molecular weight is 219 g/mol. The third-order valence-corrected chi connectivity index (χ3v) is 3.47. The van der Waals surface area contributed by atoms with E-state index in [4.69, 9.17) is 0 Å². The minimum atomic E-state index is -1.82. The van der Waals surface area contributed by atoms with Crippen LogP contribution in [-0.4, -0.2) is 11.1 Å². The number of rotatable bonds is 3. The van der Waals surface area contributed by atoms with Crippen molar-refractivity contribution in [3.63, 3.8) is 0 Å². The Balaban J connectivity index is 2.39. The van der Waals surface area contributed by atoms with Gasteiger partial charge in [0.25, 0.3) is 0 Å². The van der Waals surface area contributed by atoms with Crippen LogP contribution in [0.3, 0.4) is 0 Å². The molecule has 3 heteroatoms. The highest BCUT2D eigenvalue weighted by Crippen LogP contribution is 2.40. The number of benzene rings is 1. The van der Waals surface area contributed by atoms with Gasteiger partial charge in [-0.2, -0.15) is 0 Å². The van der Waals surface area contributed by atoms with Crippen LogP contribution < -0.4 is 0 Å². The minimum absolute atomic E-state index is 0.222. The second kappa shape index (κ2) is 4.26. The summed E-state index contributed by atoms with van der Waals surface area (Å²) in [5, 5.41) is 21.6. The van der Waals surface area contributed by atoms with Crippen molar-refractivity contribution >= 4 is 5.97 Å². The molecule has 1 aromatic rings. The molecular weight excluding hydrogens is 204 g/mol. The molecule has 1 aliphatic rings. The molecular formula is C13H15O3. The van der Waals surface area contributed by atoms with Gasteiger partial charge in [0, 0.05) is 5.92 Å². The summed E-state index contributed by atoms with van der Waals surface area (Å²) < 4.78 is 0. The number of carbonyl (C=O) groups excluding carboxylic acids is 1. The third-order valence-electron chi connectivity index (χ3n) is 3.47. The van der Waals surface area contributed by atoms with E-state index in [2.05, 4.69) is 0 Å². The van der Waals surface area contributed by atoms with Crippen LogP contribution in [0.15, 0.2) is 30.3 Å². The van der Waals surface area contributed by atoms with Crippen LogP contribution in [0.2, 0.25) is 0 Å². The average Bonchev–Trinajstić information content (AvgIpc) is 2.82. The second-order valence-corrected chi connectivity index (χ2v) is 4.40. The molecule has 1 aromatic carbocycles. The highest BCUT2D eigenvalue weighted by atomic mass is 16.4. The molecule has 16 heavy (non-hydrogen) atoms. The number of carbonyl (C=O) groups is 1. The number of hydrogen-bond donors (Lipinski definition) is 1. The first-order chi connectivity index (χ1) is 7.65. The first-order valence-electron chi connectivity index (χ1n) is 5.65. The monoisotopic (exact) mass is 219 g/mol. The van der Waals surface area contributed by atoms with Gasteiger partial charge in [0.2, 0.25) is 0 Å². The molecule has 0 bridgehead atoms. The van der Waals surface area contributed by atoms with Gasteiger partial charge in [-0.25, -0.2) is 9.90 Å². The molecule has 0 amide bonds. The Labute approximate surface area is 94.7 Å². The Morgan fingerprint density at radius 2 is 1.75 bits per heavy atom. The molecule has 1 aliphatic carbocycles. The molecule has 1 N–H and O–H groups in total. The van der Waals surface area contributed by atoms with Crippen LogP contribution in [0.4, 0.5) is 0 Å². The Kier molecular flexibility index (Phi) is 2.97. The zero-order valence-electron chi connectivity index (χ0n) is 9.06. The molecule has 85 valence electrons. The SMILES string of the molecule is [O]C(=O)C(O)(c1ccccc1)C1CCCC1. The fraction of sp³-hybridized carbons (Fsp3) is 0.462. The molecule has 2 rings (SSSR count). The maximum absolute atomic E-state index is 11.2. The smallest absolute Gasteiger partial charge is 0.374 e. The molecule has 1 unspecified atom stereocenters. The molecule has 0 aromatic heterocycles. The second-order valence-electron chi connectivity index (χ2n) is 4.40. The standard InChI is InChI=1S/C13H15O3/c14-12(15)13(16,11-8-4-5-9-11)10-6-2-1-3-7-10/h1-3,6-7,11,16H,4-5,8-9H2. The molecule has 0 spiro atoms. The lowest BCUT2D eigenvalue weighted by Crippen LogP contribution is -2.41. The van der Waals surface area contributed by atoms with Crippen molar-refractivity contribution < 1.29 is 15.0 Å². The summed E-state index contributed by atoms with van der Waals surface area (Å²) in [7, 11) is 0. The minimum Gasteiger partial charge on any atom is -0.374 e. The van der Waals surface area contributed by atoms with Gasteiger partial charge in [0.1, 0.15) is 0 Å². The van der Waals surface area contributed by atoms with E-state index >= 15 is 0 Å². The molecule has 1 saturated carbocycles. The predicted octanol–water partition coefficient (Wildman–Crippen LogP) is 2.02. The molecule has 1 radical (unpaired) electrons. The first kappa shape index (κ1) is 11.1. The molecule has 3 nitrogen and oxygen atoms in total. The molecule has 1 atom stereocenters. The van der Waals surface area contributed by atoms with Gasteiger partial charge in [-0.3, -0.25) is 0 Å². The first-order valence-corrected chi connectivity index (χ1v) is 5.65. The van der Waals surface area contributed by atoms with E-state index in [0.29, 0.717) is 5.56 Å². The van der Waals surface area contributed by atoms with Crippen LogP contribution in [-0.2, 0) is 15.5 Å². The zero-order chi connectivity index (χ0) is 11.6. The van der Waals surface area contributed by atoms with Crippen LogP contribution in [0.5, 0.6) is 0 Å². The molecule has 0 heterocycles. The summed E-state index contributed by atoms with van der Waals surface area (Å²) in [5.74, 6) is -1.61. The zero-order valence-corrected chi connectivity index (χ0v) is 9.06. The normalized spacial score (nSPS) is 20.6. The highest BCUT2D eigenvalue weighted by molar-refractivity contribution is 5.79. The predicted molar refractivity (Wildman–Crippen MR) is 58.0 cm³/mol. The van der Waals surface area contributed by atoms with Crippen molar-refractivity contribution in [1.29, 1.82) is 0 Å². The van der Waals surface area contributed by atoms with E-state index < -0.39 is 11.6 Å². The number of hydrogen-bond acceptors (Lipinski definition) is 2. The van der Waals surface area contributed by atoms with Crippen LogP contribution in [0, 0.1) is 5.92 Å². The van der Waals surface area contributed by atoms with E-state index in [-0.39, 0.29) is 5.92 Å². The maximum Gasteiger partial charge on any atom is 0.391 e. The van der Waals surface area contributed by atoms with Gasteiger partial charge in [0.15, 0.2) is 5.60 Å². The highest BCUT2D eigenvalue weighted by Gasteiger charge is 2.47. The summed E-state index contributed by atoms with van der Waals surface area (Å²) in [5.41, 5.74) is -1.39. The van der Waals surface area contributed by atoms with Crippen molar-refractivity contribution in [2.24, 2.45) is 5.92 Å². The summed E-state index contributed by atoms with van der Waals surface area (Å²) >= 11 is 0. The van der Waals surface area contributed by atoms with Gasteiger partial charge in [-0.1, -0.05) is 43.2 Å². The van der Waals surface area contributed by atoms with Crippen molar-refractivity contribution in [3.05, 3.63) is 35.9 Å². The Morgan fingerprint density at radius 1 is 1.19 bits per heavy atom. The third kappa shape index (κ3) is 1.71. The summed E-state index contributed by atoms with van der Waals surface area (Å²) in [4.78, 5) is 11.2. The Hall–Kier alpha value is -1.35. The van der Waals surface area contributed by atoms with E-state index in [1.807, 2.05) is 0 Å². The van der Waals surface area contributed by atoms with Gasteiger partial charge < -0.3 is 5.11 Å². The molecule has 1 fully saturated rings. The van der Waals surface area contributed by atoms with E-state index in [9.17, 15) is 15.0 Å². The largest absolute Gasteiger partial charge is 0.391 e. The lowest BCUT2D eigenvalue weighted by atomic mass is 9.80. The van der Waals surface area contributed by atoms with Crippen molar-refractivity contribution in [3.8, 4) is 0 Å². The fourth-order valence-corrected chi connectivity index (χ4v) is 2.56. The van der Waals surface area contributed by atoms with E-state index in [0.717, 1.165) is 25.7 Å². The molecule has 0 aliphatic heterocycles. The van der Waals surface area contributed by atoms with Crippen LogP contribution >= 0.6 is 0 Å². The Morgan fingerprint density at radius 3 is 2.25 bits per heavy atom. The van der Waals surface area contributed by atoms with Gasteiger partial charge in [0.05, 0.1) is 0 Å². The van der Waals surface area contributed by atoms with Crippen molar-refractivity contribution in [2.45, 2.75) is 31.3 Å². The topological polar surface area (TPSA) is 57.2 Å².